The topological polar surface area (TPSA) is 63.4 Å². The average Bonchev–Trinajstić information content (AvgIpc) is 3.24. The van der Waals surface area contributed by atoms with Gasteiger partial charge in [0.25, 0.3) is 5.91 Å². The SMILES string of the molecule is O=C(Nc1ccc2c(c1)OCO2)c1ccc2[nH]c3c(c2c1)CCCC3. The fourth-order valence-corrected chi connectivity index (χ4v) is 3.72. The third-order valence-corrected chi connectivity index (χ3v) is 4.99. The van der Waals surface area contributed by atoms with Crippen LogP contribution in [0.2, 0.25) is 0 Å². The van der Waals surface area contributed by atoms with Crippen molar-refractivity contribution in [3.05, 3.63) is 53.2 Å². The highest BCUT2D eigenvalue weighted by atomic mass is 16.7. The van der Waals surface area contributed by atoms with Crippen molar-refractivity contribution in [2.45, 2.75) is 25.7 Å². The highest BCUT2D eigenvalue weighted by molar-refractivity contribution is 6.06. The van der Waals surface area contributed by atoms with Gasteiger partial charge < -0.3 is 19.8 Å². The van der Waals surface area contributed by atoms with Crippen LogP contribution in [0, 0.1) is 0 Å². The van der Waals surface area contributed by atoms with Crippen LogP contribution in [-0.2, 0) is 12.8 Å². The van der Waals surface area contributed by atoms with Gasteiger partial charge in [0.1, 0.15) is 0 Å². The van der Waals surface area contributed by atoms with Gasteiger partial charge in [-0.2, -0.15) is 0 Å². The Kier molecular flexibility index (Phi) is 3.20. The van der Waals surface area contributed by atoms with Crippen molar-refractivity contribution in [1.82, 2.24) is 4.98 Å². The first-order valence-corrected chi connectivity index (χ1v) is 8.62. The van der Waals surface area contributed by atoms with Gasteiger partial charge in [0.05, 0.1) is 0 Å². The first-order chi connectivity index (χ1) is 12.3. The molecule has 2 aromatic carbocycles. The minimum atomic E-state index is -0.119. The van der Waals surface area contributed by atoms with Crippen LogP contribution in [0.25, 0.3) is 10.9 Å². The van der Waals surface area contributed by atoms with E-state index in [1.807, 2.05) is 30.3 Å². The molecule has 0 saturated carbocycles. The number of H-pyrrole nitrogens is 1. The van der Waals surface area contributed by atoms with E-state index in [4.69, 9.17) is 9.47 Å². The number of benzene rings is 2. The molecular formula is C20H18N2O3. The summed E-state index contributed by atoms with van der Waals surface area (Å²) >= 11 is 0. The predicted octanol–water partition coefficient (Wildman–Crippen LogP) is 4.03. The molecule has 1 aromatic heterocycles. The monoisotopic (exact) mass is 334 g/mol. The van der Waals surface area contributed by atoms with Gasteiger partial charge in [0.2, 0.25) is 6.79 Å². The number of carbonyl (C=O) groups excluding carboxylic acids is 1. The highest BCUT2D eigenvalue weighted by Gasteiger charge is 2.18. The van der Waals surface area contributed by atoms with Crippen LogP contribution < -0.4 is 14.8 Å². The van der Waals surface area contributed by atoms with Crippen molar-refractivity contribution in [3.8, 4) is 11.5 Å². The lowest BCUT2D eigenvalue weighted by Gasteiger charge is -2.10. The smallest absolute Gasteiger partial charge is 0.255 e. The zero-order valence-electron chi connectivity index (χ0n) is 13.7. The normalized spacial score (nSPS) is 15.2. The number of ether oxygens (including phenoxy) is 2. The fraction of sp³-hybridized carbons (Fsp3) is 0.250. The molecule has 3 aromatic rings. The summed E-state index contributed by atoms with van der Waals surface area (Å²) in [5.74, 6) is 1.25. The number of aromatic nitrogens is 1. The Morgan fingerprint density at radius 1 is 1.00 bits per heavy atom. The highest BCUT2D eigenvalue weighted by Crippen LogP contribution is 2.34. The maximum Gasteiger partial charge on any atom is 0.255 e. The molecule has 5 rings (SSSR count). The number of anilines is 1. The van der Waals surface area contributed by atoms with Crippen LogP contribution in [0.5, 0.6) is 11.5 Å². The number of nitrogens with one attached hydrogen (secondary N) is 2. The van der Waals surface area contributed by atoms with Crippen LogP contribution in [0.3, 0.4) is 0 Å². The van der Waals surface area contributed by atoms with Gasteiger partial charge in [-0.05, 0) is 61.6 Å². The van der Waals surface area contributed by atoms with E-state index in [1.54, 1.807) is 6.07 Å². The summed E-state index contributed by atoms with van der Waals surface area (Å²) in [5.41, 5.74) is 5.18. The average molecular weight is 334 g/mol. The maximum absolute atomic E-state index is 12.7. The van der Waals surface area contributed by atoms with Crippen LogP contribution in [0.15, 0.2) is 36.4 Å². The van der Waals surface area contributed by atoms with Crippen molar-refractivity contribution >= 4 is 22.5 Å². The summed E-state index contributed by atoms with van der Waals surface area (Å²) in [6.45, 7) is 0.224. The standard InChI is InChI=1S/C20H18N2O3/c23-20(21-13-6-8-18-19(10-13)25-11-24-18)12-5-7-17-15(9-12)14-3-1-2-4-16(14)22-17/h5-10,22H,1-4,11H2,(H,21,23). The van der Waals surface area contributed by atoms with Gasteiger partial charge in [-0.3, -0.25) is 4.79 Å². The second-order valence-corrected chi connectivity index (χ2v) is 6.57. The van der Waals surface area contributed by atoms with Gasteiger partial charge in [-0.15, -0.1) is 0 Å². The van der Waals surface area contributed by atoms with Gasteiger partial charge in [0, 0.05) is 33.9 Å². The third-order valence-electron chi connectivity index (χ3n) is 4.99. The Labute approximate surface area is 144 Å². The summed E-state index contributed by atoms with van der Waals surface area (Å²) in [6, 6.07) is 11.3. The minimum Gasteiger partial charge on any atom is -0.454 e. The number of aryl methyl sites for hydroxylation is 2. The first kappa shape index (κ1) is 14.4. The maximum atomic E-state index is 12.7. The van der Waals surface area contributed by atoms with E-state index in [0.717, 1.165) is 18.4 Å². The summed E-state index contributed by atoms with van der Waals surface area (Å²) in [4.78, 5) is 16.2. The molecule has 0 saturated heterocycles. The van der Waals surface area contributed by atoms with Gasteiger partial charge in [0.15, 0.2) is 11.5 Å². The number of carbonyl (C=O) groups is 1. The summed E-state index contributed by atoms with van der Waals surface area (Å²) in [7, 11) is 0. The summed E-state index contributed by atoms with van der Waals surface area (Å²) < 4.78 is 10.7. The van der Waals surface area contributed by atoms with Gasteiger partial charge in [-0.1, -0.05) is 0 Å². The lowest BCUT2D eigenvalue weighted by atomic mass is 9.95. The molecule has 0 radical (unpaired) electrons. The second kappa shape index (κ2) is 5.55. The Morgan fingerprint density at radius 2 is 1.88 bits per heavy atom. The fourth-order valence-electron chi connectivity index (χ4n) is 3.72. The van der Waals surface area contributed by atoms with Crippen molar-refractivity contribution in [2.75, 3.05) is 12.1 Å². The molecule has 5 nitrogen and oxygen atoms in total. The number of aromatic amines is 1. The molecule has 25 heavy (non-hydrogen) atoms. The Hall–Kier alpha value is -2.95. The molecule has 2 aliphatic rings. The molecular weight excluding hydrogens is 316 g/mol. The summed E-state index contributed by atoms with van der Waals surface area (Å²) in [6.07, 6.45) is 4.64. The third kappa shape index (κ3) is 2.43. The molecule has 1 aliphatic heterocycles. The van der Waals surface area contributed by atoms with Crippen LogP contribution in [0.4, 0.5) is 5.69 Å². The van der Waals surface area contributed by atoms with E-state index in [2.05, 4.69) is 10.3 Å². The van der Waals surface area contributed by atoms with Crippen molar-refractivity contribution in [2.24, 2.45) is 0 Å². The van der Waals surface area contributed by atoms with E-state index in [-0.39, 0.29) is 12.7 Å². The first-order valence-electron chi connectivity index (χ1n) is 8.62. The predicted molar refractivity (Wildman–Crippen MR) is 95.5 cm³/mol. The van der Waals surface area contributed by atoms with Crippen molar-refractivity contribution < 1.29 is 14.3 Å². The molecule has 0 bridgehead atoms. The van der Waals surface area contributed by atoms with Crippen molar-refractivity contribution in [3.63, 3.8) is 0 Å². The lowest BCUT2D eigenvalue weighted by molar-refractivity contribution is 0.102. The van der Waals surface area contributed by atoms with Crippen LogP contribution in [-0.4, -0.2) is 17.7 Å². The number of hydrogen-bond acceptors (Lipinski definition) is 3. The molecule has 1 aliphatic carbocycles. The molecule has 5 heteroatoms. The minimum absolute atomic E-state index is 0.119. The molecule has 2 N–H and O–H groups in total. The molecule has 0 spiro atoms. The van der Waals surface area contributed by atoms with Gasteiger partial charge in [-0.25, -0.2) is 0 Å². The van der Waals surface area contributed by atoms with E-state index < -0.39 is 0 Å². The zero-order chi connectivity index (χ0) is 16.8. The second-order valence-electron chi connectivity index (χ2n) is 6.57. The quantitative estimate of drug-likeness (QED) is 0.744. The molecule has 126 valence electrons. The Morgan fingerprint density at radius 3 is 2.84 bits per heavy atom. The molecule has 0 unspecified atom stereocenters. The van der Waals surface area contributed by atoms with E-state index in [1.165, 1.54) is 29.5 Å². The lowest BCUT2D eigenvalue weighted by Crippen LogP contribution is -2.11. The van der Waals surface area contributed by atoms with Crippen molar-refractivity contribution in [1.29, 1.82) is 0 Å². The van der Waals surface area contributed by atoms with Crippen LogP contribution in [0.1, 0.15) is 34.5 Å². The summed E-state index contributed by atoms with van der Waals surface area (Å²) in [5, 5.41) is 4.11. The van der Waals surface area contributed by atoms with E-state index in [9.17, 15) is 4.79 Å². The Bertz CT molecular complexity index is 990. The largest absolute Gasteiger partial charge is 0.454 e. The molecule has 1 amide bonds. The number of rotatable bonds is 2. The van der Waals surface area contributed by atoms with Crippen LogP contribution >= 0.6 is 0 Å². The van der Waals surface area contributed by atoms with E-state index in [0.29, 0.717) is 22.7 Å². The van der Waals surface area contributed by atoms with Gasteiger partial charge >= 0.3 is 0 Å². The molecule has 0 fully saturated rings. The van der Waals surface area contributed by atoms with E-state index >= 15 is 0 Å². The number of fused-ring (bicyclic) bond motifs is 4. The Balaban J connectivity index is 1.45. The number of hydrogen-bond donors (Lipinski definition) is 2. The molecule has 0 atom stereocenters. The number of amides is 1. The molecule has 2 heterocycles. The zero-order valence-corrected chi connectivity index (χ0v) is 13.7.